The number of ether oxygens (including phenoxy) is 2. The second-order valence-electron chi connectivity index (χ2n) is 11.4. The molecule has 1 unspecified atom stereocenters. The van der Waals surface area contributed by atoms with Crippen LogP contribution in [0.4, 0.5) is 0 Å². The first-order chi connectivity index (χ1) is 21.6. The zero-order chi connectivity index (χ0) is 30.4. The van der Waals surface area contributed by atoms with E-state index in [0.29, 0.717) is 11.5 Å². The summed E-state index contributed by atoms with van der Waals surface area (Å²) < 4.78 is 10.4. The Morgan fingerprint density at radius 2 is 1.38 bits per heavy atom. The molecule has 1 aliphatic heterocycles. The number of hydrogen-bond acceptors (Lipinski definition) is 5. The Labute approximate surface area is 277 Å². The Morgan fingerprint density at radius 3 is 1.98 bits per heavy atom. The van der Waals surface area contributed by atoms with Crippen molar-refractivity contribution in [3.05, 3.63) is 130 Å². The average Bonchev–Trinajstić information content (AvgIpc) is 3.25. The maximum atomic E-state index is 10.7. The Hall–Kier alpha value is -3.95. The lowest BCUT2D eigenvalue weighted by molar-refractivity contribution is 0.250. The topological polar surface area (TPSA) is 45.5 Å². The summed E-state index contributed by atoms with van der Waals surface area (Å²) in [4.78, 5) is 3.65. The molecule has 1 fully saturated rings. The Morgan fingerprint density at radius 1 is 0.778 bits per heavy atom. The molecule has 230 valence electrons. The summed E-state index contributed by atoms with van der Waals surface area (Å²) >= 11 is 1.63. The molecule has 6 rings (SSSR count). The lowest BCUT2D eigenvalue weighted by Gasteiger charge is -2.32. The Bertz CT molecular complexity index is 1670. The maximum absolute atomic E-state index is 10.7. The van der Waals surface area contributed by atoms with E-state index in [1.165, 1.54) is 27.8 Å². The normalized spacial score (nSPS) is 15.5. The number of methoxy groups -OCH3 is 2. The molecule has 4 aromatic carbocycles. The van der Waals surface area contributed by atoms with E-state index in [-0.39, 0.29) is 12.4 Å². The van der Waals surface area contributed by atoms with Crippen molar-refractivity contribution >= 4 is 41.9 Å². The van der Waals surface area contributed by atoms with E-state index in [0.717, 1.165) is 55.8 Å². The molecule has 0 spiro atoms. The van der Waals surface area contributed by atoms with Gasteiger partial charge in [0, 0.05) is 18.0 Å². The number of hydrogen-bond donors (Lipinski definition) is 0. The van der Waals surface area contributed by atoms with Crippen molar-refractivity contribution in [2.75, 3.05) is 33.9 Å². The fraction of sp³-hybridized carbons (Fsp3) is 0.256. The van der Waals surface area contributed by atoms with Gasteiger partial charge in [0.05, 0.1) is 20.3 Å². The third-order valence-corrected chi connectivity index (χ3v) is 10.2. The lowest BCUT2D eigenvalue weighted by atomic mass is 9.86. The van der Waals surface area contributed by atoms with E-state index in [1.807, 2.05) is 36.4 Å². The predicted octanol–water partition coefficient (Wildman–Crippen LogP) is 9.50. The number of rotatable bonds is 9. The van der Waals surface area contributed by atoms with Gasteiger partial charge in [0.2, 0.25) is 0 Å². The molecule has 45 heavy (non-hydrogen) atoms. The molecule has 1 heterocycles. The second kappa shape index (κ2) is 14.9. The van der Waals surface area contributed by atoms with Gasteiger partial charge >= 0.3 is 0 Å². The van der Waals surface area contributed by atoms with E-state index >= 15 is 0 Å². The minimum atomic E-state index is -0.745. The summed E-state index contributed by atoms with van der Waals surface area (Å²) in [5.41, 5.74) is 9.14. The third-order valence-electron chi connectivity index (χ3n) is 8.78. The van der Waals surface area contributed by atoms with Crippen LogP contribution in [-0.2, 0) is 4.75 Å². The predicted molar refractivity (Wildman–Crippen MR) is 189 cm³/mol. The Kier molecular flexibility index (Phi) is 10.7. The van der Waals surface area contributed by atoms with Crippen molar-refractivity contribution in [2.24, 2.45) is 0 Å². The van der Waals surface area contributed by atoms with Crippen molar-refractivity contribution in [1.82, 2.24) is 4.90 Å². The molecule has 1 atom stereocenters. The molecule has 0 N–H and O–H groups in total. The highest BCUT2D eigenvalue weighted by atomic mass is 35.5. The SMILES string of the molecule is COc1ccc(C(C#N)(CCCN2CCC(=C3c4ccccc4C=Cc4ccccc43)CC2)Sc2ccccc2)cc1OC.Cl. The number of nitrogens with zero attached hydrogens (tertiary/aromatic N) is 2. The van der Waals surface area contributed by atoms with Crippen molar-refractivity contribution in [3.8, 4) is 17.6 Å². The molecule has 0 saturated carbocycles. The van der Waals surface area contributed by atoms with E-state index < -0.39 is 4.75 Å². The number of halogens is 1. The molecule has 6 heteroatoms. The van der Waals surface area contributed by atoms with Crippen LogP contribution in [0.2, 0.25) is 0 Å². The first-order valence-electron chi connectivity index (χ1n) is 15.3. The number of likely N-dealkylation sites (tertiary alicyclic amines) is 1. The van der Waals surface area contributed by atoms with Crippen LogP contribution >= 0.6 is 24.2 Å². The largest absolute Gasteiger partial charge is 0.493 e. The van der Waals surface area contributed by atoms with Gasteiger partial charge < -0.3 is 14.4 Å². The van der Waals surface area contributed by atoms with Gasteiger partial charge in [-0.3, -0.25) is 0 Å². The maximum Gasteiger partial charge on any atom is 0.161 e. The van der Waals surface area contributed by atoms with Gasteiger partial charge in [0.1, 0.15) is 4.75 Å². The van der Waals surface area contributed by atoms with E-state index in [2.05, 4.69) is 83.8 Å². The molecular weight excluding hydrogens is 596 g/mol. The quantitative estimate of drug-likeness (QED) is 0.151. The van der Waals surface area contributed by atoms with Crippen molar-refractivity contribution in [3.63, 3.8) is 0 Å². The van der Waals surface area contributed by atoms with Crippen LogP contribution < -0.4 is 9.47 Å². The first kappa shape index (κ1) is 32.4. The van der Waals surface area contributed by atoms with Crippen molar-refractivity contribution in [2.45, 2.75) is 35.3 Å². The molecule has 1 aliphatic carbocycles. The van der Waals surface area contributed by atoms with Crippen LogP contribution in [0.3, 0.4) is 0 Å². The van der Waals surface area contributed by atoms with Crippen LogP contribution in [0.15, 0.2) is 108 Å². The average molecular weight is 635 g/mol. The number of piperidine rings is 1. The summed E-state index contributed by atoms with van der Waals surface area (Å²) in [6, 6.07) is 36.4. The van der Waals surface area contributed by atoms with Crippen LogP contribution in [0, 0.1) is 11.3 Å². The number of benzene rings is 4. The summed E-state index contributed by atoms with van der Waals surface area (Å²) in [6.45, 7) is 3.01. The molecule has 1 saturated heterocycles. The summed E-state index contributed by atoms with van der Waals surface area (Å²) in [6.07, 6.45) is 8.26. The van der Waals surface area contributed by atoms with Crippen LogP contribution in [-0.4, -0.2) is 38.8 Å². The zero-order valence-electron chi connectivity index (χ0n) is 25.9. The molecule has 4 aromatic rings. The smallest absolute Gasteiger partial charge is 0.161 e. The Balaban J connectivity index is 0.00000400. The van der Waals surface area contributed by atoms with Gasteiger partial charge in [-0.2, -0.15) is 5.26 Å². The molecule has 0 bridgehead atoms. The highest BCUT2D eigenvalue weighted by Crippen LogP contribution is 2.47. The molecule has 0 aromatic heterocycles. The van der Waals surface area contributed by atoms with Crippen LogP contribution in [0.25, 0.3) is 17.7 Å². The molecule has 2 aliphatic rings. The van der Waals surface area contributed by atoms with Gasteiger partial charge in [0.15, 0.2) is 11.5 Å². The molecule has 0 radical (unpaired) electrons. The molecule has 4 nitrogen and oxygen atoms in total. The minimum Gasteiger partial charge on any atom is -0.493 e. The number of fused-ring (bicyclic) bond motifs is 2. The summed E-state index contributed by atoms with van der Waals surface area (Å²) in [5.74, 6) is 1.31. The molecule has 0 amide bonds. The number of thioether (sulfide) groups is 1. The van der Waals surface area contributed by atoms with Gasteiger partial charge in [-0.1, -0.05) is 102 Å². The van der Waals surface area contributed by atoms with Gasteiger partial charge in [0.25, 0.3) is 0 Å². The van der Waals surface area contributed by atoms with E-state index in [4.69, 9.17) is 9.47 Å². The van der Waals surface area contributed by atoms with Crippen LogP contribution in [0.5, 0.6) is 11.5 Å². The molecular formula is C39H39ClN2O2S. The highest BCUT2D eigenvalue weighted by molar-refractivity contribution is 8.00. The zero-order valence-corrected chi connectivity index (χ0v) is 27.5. The summed E-state index contributed by atoms with van der Waals surface area (Å²) in [5, 5.41) is 10.7. The fourth-order valence-corrected chi connectivity index (χ4v) is 7.70. The lowest BCUT2D eigenvalue weighted by Crippen LogP contribution is -2.33. The first-order valence-corrected chi connectivity index (χ1v) is 16.1. The van der Waals surface area contributed by atoms with E-state index in [9.17, 15) is 5.26 Å². The monoisotopic (exact) mass is 634 g/mol. The van der Waals surface area contributed by atoms with Crippen LogP contribution in [0.1, 0.15) is 53.5 Å². The minimum absolute atomic E-state index is 0. The van der Waals surface area contributed by atoms with Gasteiger partial charge in [-0.15, -0.1) is 12.4 Å². The summed E-state index contributed by atoms with van der Waals surface area (Å²) in [7, 11) is 3.28. The second-order valence-corrected chi connectivity index (χ2v) is 12.7. The third kappa shape index (κ3) is 6.99. The van der Waals surface area contributed by atoms with Gasteiger partial charge in [-0.05, 0) is 89.9 Å². The highest BCUT2D eigenvalue weighted by Gasteiger charge is 2.35. The van der Waals surface area contributed by atoms with Gasteiger partial charge in [-0.25, -0.2) is 0 Å². The number of nitriles is 1. The van der Waals surface area contributed by atoms with Crippen molar-refractivity contribution in [1.29, 1.82) is 5.26 Å². The van der Waals surface area contributed by atoms with E-state index in [1.54, 1.807) is 31.6 Å². The fourth-order valence-electron chi connectivity index (χ4n) is 6.47. The van der Waals surface area contributed by atoms with Crippen molar-refractivity contribution < 1.29 is 9.47 Å². The standard InChI is InChI=1S/C39H38N2O2S.ClH/c1-42-36-20-19-32(27-37(36)43-2)39(28-40,44-33-13-4-3-5-14-33)23-10-24-41-25-21-31(22-26-41)38-34-15-8-6-11-29(34)17-18-30-12-7-9-16-35(30)38;/h3-9,11-20,27H,10,21-26H2,1-2H3;1H.